The van der Waals surface area contributed by atoms with E-state index in [4.69, 9.17) is 0 Å². The van der Waals surface area contributed by atoms with Gasteiger partial charge in [0.1, 0.15) is 0 Å². The molecule has 1 aromatic carbocycles. The van der Waals surface area contributed by atoms with E-state index in [-0.39, 0.29) is 0 Å². The predicted molar refractivity (Wildman–Crippen MR) is 111 cm³/mol. The van der Waals surface area contributed by atoms with Crippen molar-refractivity contribution < 1.29 is 0 Å². The first-order chi connectivity index (χ1) is 13.1. The normalized spacial score (nSPS) is 43.1. The van der Waals surface area contributed by atoms with Crippen molar-refractivity contribution >= 4 is 5.57 Å². The molecule has 142 valence electrons. The molecule has 4 aliphatic carbocycles. The number of fused-ring (bicyclic) bond motifs is 5. The Morgan fingerprint density at radius 3 is 2.74 bits per heavy atom. The lowest BCUT2D eigenvalue weighted by molar-refractivity contribution is -0.0443. The Kier molecular flexibility index (Phi) is 4.23. The van der Waals surface area contributed by atoms with Gasteiger partial charge in [-0.25, -0.2) is 0 Å². The zero-order chi connectivity index (χ0) is 18.6. The summed E-state index contributed by atoms with van der Waals surface area (Å²) in [5, 5.41) is 9.32. The molecule has 4 aliphatic rings. The molecule has 3 fully saturated rings. The second-order valence-electron chi connectivity index (χ2n) is 10.4. The van der Waals surface area contributed by atoms with Gasteiger partial charge in [-0.15, -0.1) is 0 Å². The fourth-order valence-corrected chi connectivity index (χ4v) is 7.86. The molecule has 5 rings (SSSR count). The highest BCUT2D eigenvalue weighted by atomic mass is 14.6. The van der Waals surface area contributed by atoms with Crippen LogP contribution in [0, 0.1) is 52.3 Å². The van der Waals surface area contributed by atoms with Crippen molar-refractivity contribution in [2.75, 3.05) is 0 Å². The summed E-state index contributed by atoms with van der Waals surface area (Å²) in [6.45, 7) is 5.02. The van der Waals surface area contributed by atoms with Gasteiger partial charge in [-0.3, -0.25) is 0 Å². The Morgan fingerprint density at radius 2 is 1.89 bits per heavy atom. The lowest BCUT2D eigenvalue weighted by Gasteiger charge is -2.56. The monoisotopic (exact) mass is 359 g/mol. The van der Waals surface area contributed by atoms with Crippen molar-refractivity contribution in [2.24, 2.45) is 40.9 Å². The van der Waals surface area contributed by atoms with Gasteiger partial charge in [-0.05, 0) is 109 Å². The molecule has 3 saturated carbocycles. The molecule has 0 amide bonds. The third-order valence-electron chi connectivity index (χ3n) is 9.10. The van der Waals surface area contributed by atoms with Gasteiger partial charge in [-0.1, -0.05) is 38.5 Å². The summed E-state index contributed by atoms with van der Waals surface area (Å²) >= 11 is 0. The van der Waals surface area contributed by atoms with Crippen LogP contribution < -0.4 is 0 Å². The molecule has 0 radical (unpaired) electrons. The maximum Gasteiger partial charge on any atom is 0.0991 e. The summed E-state index contributed by atoms with van der Waals surface area (Å²) in [6, 6.07) is 10.7. The first-order valence-corrected chi connectivity index (χ1v) is 11.3. The lowest BCUT2D eigenvalue weighted by atomic mass is 9.49. The number of rotatable bonds is 1. The molecule has 7 unspecified atom stereocenters. The van der Waals surface area contributed by atoms with E-state index in [0.717, 1.165) is 41.1 Å². The van der Waals surface area contributed by atoms with Crippen LogP contribution in [0.25, 0.3) is 5.57 Å². The molecule has 1 nitrogen and oxygen atoms in total. The average Bonchev–Trinajstić information content (AvgIpc) is 3.04. The molecule has 1 heteroatoms. The molecule has 0 N–H and O–H groups in total. The van der Waals surface area contributed by atoms with E-state index in [0.29, 0.717) is 5.41 Å². The molecular weight excluding hydrogens is 326 g/mol. The number of benzene rings is 1. The second-order valence-corrected chi connectivity index (χ2v) is 10.4. The predicted octanol–water partition coefficient (Wildman–Crippen LogP) is 6.84. The van der Waals surface area contributed by atoms with Crippen molar-refractivity contribution in [3.63, 3.8) is 0 Å². The SMILES string of the molecule is CC1CCC2C(CCC3C2CCC2(C)C(c4cccc(C#N)c4)=CCC32)C1. The first kappa shape index (κ1) is 17.5. The highest BCUT2D eigenvalue weighted by Gasteiger charge is 2.54. The van der Waals surface area contributed by atoms with E-state index in [1.165, 1.54) is 56.9 Å². The maximum atomic E-state index is 9.32. The van der Waals surface area contributed by atoms with Crippen molar-refractivity contribution in [2.45, 2.75) is 65.2 Å². The third-order valence-corrected chi connectivity index (χ3v) is 9.10. The van der Waals surface area contributed by atoms with Gasteiger partial charge < -0.3 is 0 Å². The van der Waals surface area contributed by atoms with Crippen LogP contribution in [0.4, 0.5) is 0 Å². The van der Waals surface area contributed by atoms with Crippen LogP contribution in [0.3, 0.4) is 0 Å². The Labute approximate surface area is 164 Å². The van der Waals surface area contributed by atoms with E-state index in [9.17, 15) is 5.26 Å². The maximum absolute atomic E-state index is 9.32. The standard InChI is InChI=1S/C26H33N/c1-17-6-8-21-19(14-17)7-9-23-22(21)12-13-26(2)24(10-11-25(23)26)20-5-3-4-18(15-20)16-27/h3-5,10,15,17,19,21-23,25H,6-9,11-14H2,1-2H3. The second kappa shape index (κ2) is 6.51. The van der Waals surface area contributed by atoms with Crippen molar-refractivity contribution in [3.05, 3.63) is 41.5 Å². The number of allylic oxidation sites excluding steroid dienone is 2. The Morgan fingerprint density at radius 1 is 1.04 bits per heavy atom. The number of nitrogens with zero attached hydrogens (tertiary/aromatic N) is 1. The average molecular weight is 360 g/mol. The quantitative estimate of drug-likeness (QED) is 0.538. The number of hydrogen-bond donors (Lipinski definition) is 0. The van der Waals surface area contributed by atoms with Gasteiger partial charge in [0, 0.05) is 0 Å². The zero-order valence-corrected chi connectivity index (χ0v) is 17.0. The fraction of sp³-hybridized carbons (Fsp3) is 0.654. The van der Waals surface area contributed by atoms with Crippen molar-refractivity contribution in [3.8, 4) is 6.07 Å². The summed E-state index contributed by atoms with van der Waals surface area (Å²) in [7, 11) is 0. The van der Waals surface area contributed by atoms with Gasteiger partial charge >= 0.3 is 0 Å². The van der Waals surface area contributed by atoms with E-state index in [1.807, 2.05) is 6.07 Å². The van der Waals surface area contributed by atoms with E-state index in [1.54, 1.807) is 5.57 Å². The lowest BCUT2D eigenvalue weighted by Crippen LogP contribution is -2.47. The van der Waals surface area contributed by atoms with Gasteiger partial charge in [0.25, 0.3) is 0 Å². The third kappa shape index (κ3) is 2.71. The highest BCUT2D eigenvalue weighted by molar-refractivity contribution is 5.73. The summed E-state index contributed by atoms with van der Waals surface area (Å²) in [5.74, 6) is 5.77. The van der Waals surface area contributed by atoms with E-state index >= 15 is 0 Å². The van der Waals surface area contributed by atoms with Gasteiger partial charge in [-0.2, -0.15) is 5.26 Å². The Bertz CT molecular complexity index is 799. The highest BCUT2D eigenvalue weighted by Crippen LogP contribution is 2.64. The fourth-order valence-electron chi connectivity index (χ4n) is 7.86. The first-order valence-electron chi connectivity index (χ1n) is 11.3. The van der Waals surface area contributed by atoms with Crippen LogP contribution in [0.15, 0.2) is 30.3 Å². The van der Waals surface area contributed by atoms with Crippen LogP contribution in [0.2, 0.25) is 0 Å². The molecular formula is C26H33N. The van der Waals surface area contributed by atoms with Crippen molar-refractivity contribution in [1.82, 2.24) is 0 Å². The Hall–Kier alpha value is -1.55. The molecule has 0 bridgehead atoms. The minimum Gasteiger partial charge on any atom is -0.192 e. The molecule has 0 heterocycles. The van der Waals surface area contributed by atoms with Gasteiger partial charge in [0.05, 0.1) is 11.6 Å². The molecule has 0 spiro atoms. The summed E-state index contributed by atoms with van der Waals surface area (Å²) in [5.41, 5.74) is 3.97. The van der Waals surface area contributed by atoms with Crippen LogP contribution in [0.5, 0.6) is 0 Å². The number of nitriles is 1. The molecule has 27 heavy (non-hydrogen) atoms. The van der Waals surface area contributed by atoms with Crippen LogP contribution in [0.1, 0.15) is 76.3 Å². The van der Waals surface area contributed by atoms with Gasteiger partial charge in [0.15, 0.2) is 0 Å². The van der Waals surface area contributed by atoms with E-state index < -0.39 is 0 Å². The van der Waals surface area contributed by atoms with Gasteiger partial charge in [0.2, 0.25) is 0 Å². The number of hydrogen-bond acceptors (Lipinski definition) is 1. The summed E-state index contributed by atoms with van der Waals surface area (Å²) < 4.78 is 0. The summed E-state index contributed by atoms with van der Waals surface area (Å²) in [4.78, 5) is 0. The van der Waals surface area contributed by atoms with Crippen molar-refractivity contribution in [1.29, 1.82) is 5.26 Å². The summed E-state index contributed by atoms with van der Waals surface area (Å²) in [6.07, 6.45) is 14.0. The van der Waals surface area contributed by atoms with E-state index in [2.05, 4.69) is 44.2 Å². The minimum absolute atomic E-state index is 0.323. The van der Waals surface area contributed by atoms with Crippen LogP contribution in [-0.4, -0.2) is 0 Å². The Balaban J connectivity index is 1.41. The molecule has 1 aromatic rings. The molecule has 0 aliphatic heterocycles. The minimum atomic E-state index is 0.323. The van der Waals surface area contributed by atoms with Crippen LogP contribution >= 0.6 is 0 Å². The smallest absolute Gasteiger partial charge is 0.0991 e. The largest absolute Gasteiger partial charge is 0.192 e. The topological polar surface area (TPSA) is 23.8 Å². The molecule has 0 saturated heterocycles. The zero-order valence-electron chi connectivity index (χ0n) is 17.0. The van der Waals surface area contributed by atoms with Crippen LogP contribution in [-0.2, 0) is 0 Å². The molecule has 0 aromatic heterocycles. The molecule has 7 atom stereocenters.